The summed E-state index contributed by atoms with van der Waals surface area (Å²) in [6.45, 7) is -0.0532. The summed E-state index contributed by atoms with van der Waals surface area (Å²) in [6.07, 6.45) is 0. The van der Waals surface area contributed by atoms with E-state index in [0.717, 1.165) is 22.3 Å². The van der Waals surface area contributed by atoms with E-state index in [4.69, 9.17) is 9.47 Å². The summed E-state index contributed by atoms with van der Waals surface area (Å²) in [6, 6.07) is 33.9. The SMILES string of the molecule is O=C(OCCOC(=O)c1ccccc1-c1ccccc1)c1ccccc1-c1ccccc1. The Hall–Kier alpha value is -4.18. The summed E-state index contributed by atoms with van der Waals surface area (Å²) in [5.41, 5.74) is 4.41. The zero-order valence-corrected chi connectivity index (χ0v) is 17.4. The van der Waals surface area contributed by atoms with Crippen LogP contribution in [0.1, 0.15) is 20.7 Å². The van der Waals surface area contributed by atoms with Gasteiger partial charge in [0, 0.05) is 0 Å². The van der Waals surface area contributed by atoms with Gasteiger partial charge in [0.1, 0.15) is 13.2 Å². The first-order valence-electron chi connectivity index (χ1n) is 10.4. The fourth-order valence-electron chi connectivity index (χ4n) is 3.49. The van der Waals surface area contributed by atoms with Crippen molar-refractivity contribution in [3.63, 3.8) is 0 Å². The van der Waals surface area contributed by atoms with Crippen molar-refractivity contribution in [2.24, 2.45) is 0 Å². The standard InChI is InChI=1S/C28H22O4/c29-27(25-17-9-7-15-23(25)21-11-3-1-4-12-21)31-19-20-32-28(30)26-18-10-8-16-24(26)22-13-5-2-6-14-22/h1-18H,19-20H2. The molecule has 0 aliphatic rings. The van der Waals surface area contributed by atoms with Crippen LogP contribution in [-0.2, 0) is 9.47 Å². The Bertz CT molecular complexity index is 1100. The van der Waals surface area contributed by atoms with Gasteiger partial charge in [-0.1, -0.05) is 97.1 Å². The lowest BCUT2D eigenvalue weighted by Gasteiger charge is -2.11. The number of rotatable bonds is 7. The van der Waals surface area contributed by atoms with E-state index in [2.05, 4.69) is 0 Å². The highest BCUT2D eigenvalue weighted by Gasteiger charge is 2.16. The van der Waals surface area contributed by atoms with Gasteiger partial charge in [-0.25, -0.2) is 9.59 Å². The Morgan fingerprint density at radius 1 is 0.469 bits per heavy atom. The average molecular weight is 422 g/mol. The predicted molar refractivity (Wildman–Crippen MR) is 124 cm³/mol. The molecule has 32 heavy (non-hydrogen) atoms. The molecule has 4 heteroatoms. The van der Waals surface area contributed by atoms with E-state index in [0.29, 0.717) is 11.1 Å². The van der Waals surface area contributed by atoms with E-state index in [9.17, 15) is 9.59 Å². The highest BCUT2D eigenvalue weighted by molar-refractivity contribution is 5.98. The van der Waals surface area contributed by atoms with Crippen LogP contribution in [0, 0.1) is 0 Å². The van der Waals surface area contributed by atoms with Crippen molar-refractivity contribution in [1.29, 1.82) is 0 Å². The van der Waals surface area contributed by atoms with Crippen LogP contribution in [0.4, 0.5) is 0 Å². The number of carbonyl (C=O) groups is 2. The third kappa shape index (κ3) is 4.93. The number of carbonyl (C=O) groups excluding carboxylic acids is 2. The minimum absolute atomic E-state index is 0.0266. The van der Waals surface area contributed by atoms with E-state index in [1.54, 1.807) is 24.3 Å². The van der Waals surface area contributed by atoms with E-state index in [1.807, 2.05) is 84.9 Å². The van der Waals surface area contributed by atoms with Crippen LogP contribution in [0.2, 0.25) is 0 Å². The Balaban J connectivity index is 1.37. The lowest BCUT2D eigenvalue weighted by atomic mass is 10.00. The van der Waals surface area contributed by atoms with Gasteiger partial charge in [-0.2, -0.15) is 0 Å². The second-order valence-corrected chi connectivity index (χ2v) is 7.10. The first-order chi connectivity index (χ1) is 15.7. The number of hydrogen-bond acceptors (Lipinski definition) is 4. The predicted octanol–water partition coefficient (Wildman–Crippen LogP) is 6.03. The molecule has 0 aromatic heterocycles. The molecule has 158 valence electrons. The molecular weight excluding hydrogens is 400 g/mol. The summed E-state index contributed by atoms with van der Waals surface area (Å²) in [5.74, 6) is -0.907. The summed E-state index contributed by atoms with van der Waals surface area (Å²) >= 11 is 0. The Kier molecular flexibility index (Phi) is 6.73. The van der Waals surface area contributed by atoms with Crippen molar-refractivity contribution in [3.8, 4) is 22.3 Å². The number of benzene rings is 4. The number of esters is 2. The van der Waals surface area contributed by atoms with Gasteiger partial charge in [-0.05, 0) is 34.4 Å². The normalized spacial score (nSPS) is 10.4. The highest BCUT2D eigenvalue weighted by Crippen LogP contribution is 2.25. The van der Waals surface area contributed by atoms with E-state index >= 15 is 0 Å². The molecule has 4 nitrogen and oxygen atoms in total. The number of hydrogen-bond donors (Lipinski definition) is 0. The van der Waals surface area contributed by atoms with Gasteiger partial charge in [0.15, 0.2) is 0 Å². The zero-order valence-electron chi connectivity index (χ0n) is 17.4. The van der Waals surface area contributed by atoms with Crippen LogP contribution in [0.3, 0.4) is 0 Å². The third-order valence-corrected chi connectivity index (χ3v) is 5.01. The van der Waals surface area contributed by atoms with Crippen molar-refractivity contribution in [3.05, 3.63) is 120 Å². The molecule has 0 atom stereocenters. The molecule has 0 unspecified atom stereocenters. The van der Waals surface area contributed by atoms with Gasteiger partial charge in [-0.3, -0.25) is 0 Å². The quantitative estimate of drug-likeness (QED) is 0.269. The minimum Gasteiger partial charge on any atom is -0.458 e. The Labute approximate surface area is 187 Å². The molecule has 0 aliphatic heterocycles. The van der Waals surface area contributed by atoms with Crippen molar-refractivity contribution in [2.45, 2.75) is 0 Å². The molecule has 0 saturated carbocycles. The Morgan fingerprint density at radius 2 is 0.812 bits per heavy atom. The van der Waals surface area contributed by atoms with Gasteiger partial charge in [0.05, 0.1) is 11.1 Å². The smallest absolute Gasteiger partial charge is 0.338 e. The maximum atomic E-state index is 12.6. The molecular formula is C28H22O4. The van der Waals surface area contributed by atoms with Gasteiger partial charge in [0.2, 0.25) is 0 Å². The fourth-order valence-corrected chi connectivity index (χ4v) is 3.49. The van der Waals surface area contributed by atoms with E-state index in [-0.39, 0.29) is 13.2 Å². The van der Waals surface area contributed by atoms with Gasteiger partial charge in [0.25, 0.3) is 0 Å². The van der Waals surface area contributed by atoms with Gasteiger partial charge < -0.3 is 9.47 Å². The maximum Gasteiger partial charge on any atom is 0.338 e. The van der Waals surface area contributed by atoms with Crippen LogP contribution < -0.4 is 0 Å². The summed E-state index contributed by atoms with van der Waals surface area (Å²) < 4.78 is 10.8. The van der Waals surface area contributed by atoms with Crippen molar-refractivity contribution in [2.75, 3.05) is 13.2 Å². The fraction of sp³-hybridized carbons (Fsp3) is 0.0714. The molecule has 4 rings (SSSR count). The first-order valence-corrected chi connectivity index (χ1v) is 10.4. The van der Waals surface area contributed by atoms with E-state index in [1.165, 1.54) is 0 Å². The van der Waals surface area contributed by atoms with Gasteiger partial charge >= 0.3 is 11.9 Å². The second kappa shape index (κ2) is 10.2. The van der Waals surface area contributed by atoms with Crippen LogP contribution in [0.5, 0.6) is 0 Å². The lowest BCUT2D eigenvalue weighted by Crippen LogP contribution is -2.15. The van der Waals surface area contributed by atoms with Crippen LogP contribution >= 0.6 is 0 Å². The molecule has 4 aromatic carbocycles. The molecule has 0 N–H and O–H groups in total. The molecule has 0 saturated heterocycles. The van der Waals surface area contributed by atoms with Crippen molar-refractivity contribution >= 4 is 11.9 Å². The van der Waals surface area contributed by atoms with Crippen molar-refractivity contribution < 1.29 is 19.1 Å². The van der Waals surface area contributed by atoms with Crippen LogP contribution in [0.25, 0.3) is 22.3 Å². The monoisotopic (exact) mass is 422 g/mol. The third-order valence-electron chi connectivity index (χ3n) is 5.01. The minimum atomic E-state index is -0.454. The highest BCUT2D eigenvalue weighted by atomic mass is 16.6. The Morgan fingerprint density at radius 3 is 1.22 bits per heavy atom. The molecule has 0 spiro atoms. The lowest BCUT2D eigenvalue weighted by molar-refractivity contribution is 0.0266. The van der Waals surface area contributed by atoms with E-state index < -0.39 is 11.9 Å². The zero-order chi connectivity index (χ0) is 22.2. The summed E-state index contributed by atoms with van der Waals surface area (Å²) in [7, 11) is 0. The molecule has 0 fully saturated rings. The molecule has 0 bridgehead atoms. The molecule has 0 heterocycles. The second-order valence-electron chi connectivity index (χ2n) is 7.10. The molecule has 0 amide bonds. The topological polar surface area (TPSA) is 52.6 Å². The number of ether oxygens (including phenoxy) is 2. The van der Waals surface area contributed by atoms with Gasteiger partial charge in [-0.15, -0.1) is 0 Å². The van der Waals surface area contributed by atoms with Crippen LogP contribution in [0.15, 0.2) is 109 Å². The molecule has 4 aromatic rings. The molecule has 0 radical (unpaired) electrons. The summed E-state index contributed by atoms with van der Waals surface area (Å²) in [5, 5.41) is 0. The molecule has 0 aliphatic carbocycles. The van der Waals surface area contributed by atoms with Crippen molar-refractivity contribution in [1.82, 2.24) is 0 Å². The average Bonchev–Trinajstić information content (AvgIpc) is 2.87. The van der Waals surface area contributed by atoms with Crippen LogP contribution in [-0.4, -0.2) is 25.2 Å². The largest absolute Gasteiger partial charge is 0.458 e. The summed E-state index contributed by atoms with van der Waals surface area (Å²) in [4.78, 5) is 25.3. The maximum absolute atomic E-state index is 12.6. The first kappa shape index (κ1) is 21.1.